The molecule has 0 aromatic heterocycles. The molecule has 1 heterocycles. The fourth-order valence-corrected chi connectivity index (χ4v) is 4.39. The van der Waals surface area contributed by atoms with Gasteiger partial charge in [0.25, 0.3) is 0 Å². The molecular weight excluding hydrogens is 364 g/mol. The maximum Gasteiger partial charge on any atom is 0.221 e. The molecule has 2 unspecified atom stereocenters. The summed E-state index contributed by atoms with van der Waals surface area (Å²) in [6.07, 6.45) is 1.17. The first-order valence-electron chi connectivity index (χ1n) is 10.4. The quantitative estimate of drug-likeness (QED) is 0.741. The molecule has 3 N–H and O–H groups in total. The van der Waals surface area contributed by atoms with Crippen LogP contribution >= 0.6 is 0 Å². The van der Waals surface area contributed by atoms with Gasteiger partial charge < -0.3 is 15.5 Å². The van der Waals surface area contributed by atoms with Crippen LogP contribution in [0.1, 0.15) is 37.0 Å². The Morgan fingerprint density at radius 3 is 2.14 bits per heavy atom. The third-order valence-corrected chi connectivity index (χ3v) is 5.79. The van der Waals surface area contributed by atoms with E-state index in [2.05, 4.69) is 29.3 Å². The second kappa shape index (κ2) is 10.0. The molecule has 1 aliphatic heterocycles. The molecule has 2 aliphatic rings. The van der Waals surface area contributed by atoms with Gasteiger partial charge in [0.05, 0.1) is 12.2 Å². The molecule has 29 heavy (non-hydrogen) atoms. The van der Waals surface area contributed by atoms with Crippen molar-refractivity contribution in [2.24, 2.45) is 11.8 Å². The number of hydrogen-bond acceptors (Lipinski definition) is 4. The number of likely N-dealkylation sites (tertiary alicyclic amines) is 1. The van der Waals surface area contributed by atoms with Crippen molar-refractivity contribution >= 4 is 11.6 Å². The number of fused-ring (bicyclic) bond motifs is 1. The van der Waals surface area contributed by atoms with Crippen molar-refractivity contribution < 1.29 is 15.0 Å². The molecule has 0 radical (unpaired) electrons. The monoisotopic (exact) mass is 396 g/mol. The lowest BCUT2D eigenvalue weighted by molar-refractivity contribution is -0.114. The summed E-state index contributed by atoms with van der Waals surface area (Å²) in [6.45, 7) is 6.14. The van der Waals surface area contributed by atoms with Crippen LogP contribution in [-0.2, 0) is 4.79 Å². The SMILES string of the molecule is CC(=O)Nc1ccc(C(O)CN2C[C@H]3CC(O)C[C@H]3C2)cc1.Cc1ccccc1. The van der Waals surface area contributed by atoms with Gasteiger partial charge in [-0.2, -0.15) is 0 Å². The van der Waals surface area contributed by atoms with E-state index in [0.717, 1.165) is 37.2 Å². The van der Waals surface area contributed by atoms with Gasteiger partial charge in [0.1, 0.15) is 0 Å². The number of aliphatic hydroxyl groups is 2. The number of β-amino-alcohol motifs (C(OH)–C–C–N with tert-alkyl or cyclic N) is 1. The summed E-state index contributed by atoms with van der Waals surface area (Å²) < 4.78 is 0. The normalized spacial score (nSPS) is 24.3. The molecule has 4 rings (SSSR count). The van der Waals surface area contributed by atoms with Gasteiger partial charge in [-0.1, -0.05) is 48.0 Å². The number of hydrogen-bond donors (Lipinski definition) is 3. The summed E-state index contributed by atoms with van der Waals surface area (Å²) in [5, 5.41) is 22.8. The maximum absolute atomic E-state index is 11.0. The van der Waals surface area contributed by atoms with Crippen LogP contribution < -0.4 is 5.32 Å². The van der Waals surface area contributed by atoms with Crippen molar-refractivity contribution in [1.29, 1.82) is 0 Å². The number of carbonyl (C=O) groups is 1. The largest absolute Gasteiger partial charge is 0.393 e. The second-order valence-electron chi connectivity index (χ2n) is 8.34. The molecule has 156 valence electrons. The van der Waals surface area contributed by atoms with Crippen molar-refractivity contribution in [2.75, 3.05) is 25.0 Å². The molecule has 2 aromatic rings. The molecule has 4 atom stereocenters. The Balaban J connectivity index is 0.000000290. The summed E-state index contributed by atoms with van der Waals surface area (Å²) in [6, 6.07) is 17.6. The Hall–Kier alpha value is -2.21. The van der Waals surface area contributed by atoms with E-state index < -0.39 is 6.10 Å². The topological polar surface area (TPSA) is 72.8 Å². The highest BCUT2D eigenvalue weighted by Gasteiger charge is 2.40. The highest BCUT2D eigenvalue weighted by molar-refractivity contribution is 5.88. The lowest BCUT2D eigenvalue weighted by atomic mass is 10.0. The molecule has 1 saturated heterocycles. The Morgan fingerprint density at radius 2 is 1.66 bits per heavy atom. The molecule has 1 amide bonds. The van der Waals surface area contributed by atoms with Crippen molar-refractivity contribution in [3.8, 4) is 0 Å². The Bertz CT molecular complexity index is 764. The zero-order chi connectivity index (χ0) is 20.8. The number of nitrogens with one attached hydrogen (secondary N) is 1. The lowest BCUT2D eigenvalue weighted by Gasteiger charge is -2.21. The first-order chi connectivity index (χ1) is 13.9. The highest BCUT2D eigenvalue weighted by atomic mass is 16.3. The molecule has 2 fully saturated rings. The predicted molar refractivity (Wildman–Crippen MR) is 116 cm³/mol. The van der Waals surface area contributed by atoms with E-state index in [-0.39, 0.29) is 12.0 Å². The third kappa shape index (κ3) is 6.39. The van der Waals surface area contributed by atoms with Crippen LogP contribution in [0.3, 0.4) is 0 Å². The Morgan fingerprint density at radius 1 is 1.07 bits per heavy atom. The number of anilines is 1. The first kappa shape index (κ1) is 21.5. The summed E-state index contributed by atoms with van der Waals surface area (Å²) >= 11 is 0. The van der Waals surface area contributed by atoms with Crippen LogP contribution in [0.25, 0.3) is 0 Å². The lowest BCUT2D eigenvalue weighted by Crippen LogP contribution is -2.28. The van der Waals surface area contributed by atoms with Crippen LogP contribution in [0.2, 0.25) is 0 Å². The van der Waals surface area contributed by atoms with E-state index in [0.29, 0.717) is 18.4 Å². The molecule has 5 heteroatoms. The minimum absolute atomic E-state index is 0.0981. The summed E-state index contributed by atoms with van der Waals surface area (Å²) in [4.78, 5) is 13.3. The van der Waals surface area contributed by atoms with Crippen molar-refractivity contribution in [2.45, 2.75) is 38.9 Å². The standard InChI is InChI=1S/C17H24N2O3.C7H8/c1-11(20)18-15-4-2-12(3-5-15)17(22)10-19-8-13-6-16(21)7-14(13)9-19;1-7-5-3-2-4-6-7/h2-5,13-14,16-17,21-22H,6-10H2,1H3,(H,18,20);2-6H,1H3/t13-,14+,16?,17?;. The van der Waals surface area contributed by atoms with E-state index in [1.165, 1.54) is 12.5 Å². The van der Waals surface area contributed by atoms with Crippen LogP contribution in [0.15, 0.2) is 54.6 Å². The molecule has 5 nitrogen and oxygen atoms in total. The number of amides is 1. The van der Waals surface area contributed by atoms with Gasteiger partial charge in [0.2, 0.25) is 5.91 Å². The van der Waals surface area contributed by atoms with Gasteiger partial charge in [-0.3, -0.25) is 9.69 Å². The first-order valence-corrected chi connectivity index (χ1v) is 10.4. The van der Waals surface area contributed by atoms with Crippen molar-refractivity contribution in [1.82, 2.24) is 4.90 Å². The van der Waals surface area contributed by atoms with Crippen LogP contribution in [-0.4, -0.2) is 46.8 Å². The van der Waals surface area contributed by atoms with E-state index in [9.17, 15) is 15.0 Å². The van der Waals surface area contributed by atoms with E-state index in [1.807, 2.05) is 42.5 Å². The summed E-state index contributed by atoms with van der Waals surface area (Å²) in [7, 11) is 0. The number of carbonyl (C=O) groups excluding carboxylic acids is 1. The van der Waals surface area contributed by atoms with E-state index >= 15 is 0 Å². The number of benzene rings is 2. The van der Waals surface area contributed by atoms with E-state index in [4.69, 9.17) is 0 Å². The minimum atomic E-state index is -0.518. The summed E-state index contributed by atoms with van der Waals surface area (Å²) in [5.41, 5.74) is 2.93. The van der Waals surface area contributed by atoms with Crippen molar-refractivity contribution in [3.63, 3.8) is 0 Å². The molecule has 0 spiro atoms. The van der Waals surface area contributed by atoms with Gasteiger partial charge in [-0.15, -0.1) is 0 Å². The smallest absolute Gasteiger partial charge is 0.221 e. The fraction of sp³-hybridized carbons (Fsp3) is 0.458. The fourth-order valence-electron chi connectivity index (χ4n) is 4.39. The van der Waals surface area contributed by atoms with Crippen molar-refractivity contribution in [3.05, 3.63) is 65.7 Å². The molecule has 0 bridgehead atoms. The van der Waals surface area contributed by atoms with Crippen LogP contribution in [0, 0.1) is 18.8 Å². The molecular formula is C24H32N2O3. The number of aliphatic hydroxyl groups excluding tert-OH is 2. The zero-order valence-corrected chi connectivity index (χ0v) is 17.3. The molecule has 1 saturated carbocycles. The van der Waals surface area contributed by atoms with Crippen LogP contribution in [0.4, 0.5) is 5.69 Å². The number of rotatable bonds is 4. The minimum Gasteiger partial charge on any atom is -0.393 e. The highest BCUT2D eigenvalue weighted by Crippen LogP contribution is 2.38. The molecule has 1 aliphatic carbocycles. The van der Waals surface area contributed by atoms with Gasteiger partial charge >= 0.3 is 0 Å². The van der Waals surface area contributed by atoms with Crippen LogP contribution in [0.5, 0.6) is 0 Å². The zero-order valence-electron chi connectivity index (χ0n) is 17.3. The third-order valence-electron chi connectivity index (χ3n) is 5.79. The second-order valence-corrected chi connectivity index (χ2v) is 8.34. The average Bonchev–Trinajstić information content (AvgIpc) is 3.19. The Kier molecular flexibility index (Phi) is 7.42. The predicted octanol–water partition coefficient (Wildman–Crippen LogP) is 3.38. The summed E-state index contributed by atoms with van der Waals surface area (Å²) in [5.74, 6) is 1.08. The average molecular weight is 397 g/mol. The Labute approximate surface area is 173 Å². The van der Waals surface area contributed by atoms with E-state index in [1.54, 1.807) is 0 Å². The maximum atomic E-state index is 11.0. The molecule has 2 aromatic carbocycles. The van der Waals surface area contributed by atoms with Gasteiger partial charge in [0, 0.05) is 32.2 Å². The van der Waals surface area contributed by atoms with Gasteiger partial charge in [-0.05, 0) is 49.3 Å². The number of aryl methyl sites for hydroxylation is 1. The number of nitrogens with zero attached hydrogens (tertiary/aromatic N) is 1. The van der Waals surface area contributed by atoms with Gasteiger partial charge in [-0.25, -0.2) is 0 Å². The van der Waals surface area contributed by atoms with Gasteiger partial charge in [0.15, 0.2) is 0 Å².